The highest BCUT2D eigenvalue weighted by Crippen LogP contribution is 2.30. The van der Waals surface area contributed by atoms with Crippen molar-refractivity contribution in [3.8, 4) is 5.69 Å². The number of aryl methyl sites for hydroxylation is 2. The van der Waals surface area contributed by atoms with E-state index >= 15 is 0 Å². The fraction of sp³-hybridized carbons (Fsp3) is 0.441. The highest BCUT2D eigenvalue weighted by Gasteiger charge is 2.26. The largest absolute Gasteiger partial charge is 0.462 e. The number of hydrogen-bond acceptors (Lipinski definition) is 5. The van der Waals surface area contributed by atoms with Crippen LogP contribution in [-0.2, 0) is 9.47 Å². The zero-order valence-electron chi connectivity index (χ0n) is 24.8. The van der Waals surface area contributed by atoms with Gasteiger partial charge in [0.15, 0.2) is 0 Å². The molecule has 2 aromatic carbocycles. The van der Waals surface area contributed by atoms with Gasteiger partial charge in [-0.1, -0.05) is 38.8 Å². The van der Waals surface area contributed by atoms with Crippen molar-refractivity contribution in [3.05, 3.63) is 88.2 Å². The Morgan fingerprint density at radius 1 is 0.756 bits per heavy atom. The van der Waals surface area contributed by atoms with Crippen LogP contribution in [0.2, 0.25) is 0 Å². The lowest BCUT2D eigenvalue weighted by Gasteiger charge is -2.32. The van der Waals surface area contributed by atoms with E-state index in [1.165, 1.54) is 5.56 Å². The molecule has 1 fully saturated rings. The molecule has 7 nitrogen and oxygen atoms in total. The second-order valence-electron chi connectivity index (χ2n) is 10.9. The van der Waals surface area contributed by atoms with Crippen LogP contribution in [0.25, 0.3) is 5.69 Å². The van der Waals surface area contributed by atoms with Gasteiger partial charge in [-0.25, -0.2) is 9.59 Å². The van der Waals surface area contributed by atoms with E-state index in [2.05, 4.69) is 13.8 Å². The lowest BCUT2D eigenvalue weighted by Crippen LogP contribution is -2.38. The first-order valence-electron chi connectivity index (χ1n) is 14.9. The van der Waals surface area contributed by atoms with Crippen LogP contribution in [0.15, 0.2) is 54.6 Å². The summed E-state index contributed by atoms with van der Waals surface area (Å²) in [5.74, 6) is -0.371. The van der Waals surface area contributed by atoms with E-state index in [1.54, 1.807) is 12.1 Å². The van der Waals surface area contributed by atoms with E-state index in [0.29, 0.717) is 54.6 Å². The van der Waals surface area contributed by atoms with Crippen LogP contribution >= 0.6 is 0 Å². The highest BCUT2D eigenvalue weighted by atomic mass is 16.5. The predicted octanol–water partition coefficient (Wildman–Crippen LogP) is 7.03. The molecule has 1 amide bonds. The number of aromatic nitrogens is 1. The zero-order chi connectivity index (χ0) is 29.4. The minimum absolute atomic E-state index is 0.0387. The fourth-order valence-corrected chi connectivity index (χ4v) is 5.34. The number of hydrogen-bond donors (Lipinski definition) is 0. The smallest absolute Gasteiger partial charge is 0.340 e. The van der Waals surface area contributed by atoms with Crippen molar-refractivity contribution in [1.29, 1.82) is 0 Å². The fourth-order valence-electron chi connectivity index (χ4n) is 5.34. The Hall–Kier alpha value is -3.87. The molecule has 0 atom stereocenters. The van der Waals surface area contributed by atoms with E-state index in [-0.39, 0.29) is 17.8 Å². The molecule has 7 heteroatoms. The predicted molar refractivity (Wildman–Crippen MR) is 160 cm³/mol. The lowest BCUT2D eigenvalue weighted by molar-refractivity contribution is 0.0490. The molecule has 0 aliphatic carbocycles. The minimum Gasteiger partial charge on any atom is -0.462 e. The molecule has 2 heterocycles. The van der Waals surface area contributed by atoms with Crippen LogP contribution in [0.4, 0.5) is 0 Å². The molecule has 0 radical (unpaired) electrons. The molecule has 0 unspecified atom stereocenters. The number of benzene rings is 2. The quantitative estimate of drug-likeness (QED) is 0.187. The summed E-state index contributed by atoms with van der Waals surface area (Å²) < 4.78 is 12.8. The summed E-state index contributed by atoms with van der Waals surface area (Å²) in [6, 6.07) is 17.0. The standard InChI is InChI=1S/C34H42N2O5/c1-5-7-21-40-33(38)28-13-11-26(12-14-28)27-17-19-35(20-18-27)32(37)29-15-16-30(34(39)41-22-8-6-2)31(23-29)36-24(3)9-10-25(36)4/h9-16,23,27H,5-8,17-22H2,1-4H3. The number of unbranched alkanes of at least 4 members (excludes halogenated alkanes) is 2. The number of rotatable bonds is 11. The topological polar surface area (TPSA) is 77.8 Å². The number of carbonyl (C=O) groups is 3. The van der Waals surface area contributed by atoms with Crippen molar-refractivity contribution in [3.63, 3.8) is 0 Å². The van der Waals surface area contributed by atoms with Crippen molar-refractivity contribution in [2.75, 3.05) is 26.3 Å². The molecule has 0 spiro atoms. The van der Waals surface area contributed by atoms with Crippen molar-refractivity contribution in [2.45, 2.75) is 72.1 Å². The lowest BCUT2D eigenvalue weighted by atomic mass is 9.88. The molecular formula is C34H42N2O5. The summed E-state index contributed by atoms with van der Waals surface area (Å²) in [4.78, 5) is 40.7. The SMILES string of the molecule is CCCCOC(=O)c1ccc(C2CCN(C(=O)c3ccc(C(=O)OCCCC)c(-n4c(C)ccc4C)c3)CC2)cc1. The molecule has 0 N–H and O–H groups in total. The van der Waals surface area contributed by atoms with Crippen LogP contribution in [0.3, 0.4) is 0 Å². The number of carbonyl (C=O) groups excluding carboxylic acids is 3. The molecule has 1 aliphatic heterocycles. The second kappa shape index (κ2) is 14.2. The van der Waals surface area contributed by atoms with Gasteiger partial charge < -0.3 is 18.9 Å². The average Bonchev–Trinajstić information content (AvgIpc) is 3.34. The molecule has 0 saturated carbocycles. The number of amides is 1. The summed E-state index contributed by atoms with van der Waals surface area (Å²) in [6.45, 7) is 10.2. The van der Waals surface area contributed by atoms with Crippen molar-refractivity contribution < 1.29 is 23.9 Å². The third-order valence-corrected chi connectivity index (χ3v) is 7.84. The molecule has 4 rings (SSSR count). The summed E-state index contributed by atoms with van der Waals surface area (Å²) in [5.41, 5.74) is 5.39. The zero-order valence-corrected chi connectivity index (χ0v) is 24.8. The van der Waals surface area contributed by atoms with E-state index in [4.69, 9.17) is 9.47 Å². The van der Waals surface area contributed by atoms with Gasteiger partial charge in [0.1, 0.15) is 0 Å². The molecule has 1 saturated heterocycles. The van der Waals surface area contributed by atoms with Gasteiger partial charge in [0.2, 0.25) is 0 Å². The first-order chi connectivity index (χ1) is 19.8. The molecule has 41 heavy (non-hydrogen) atoms. The van der Waals surface area contributed by atoms with Crippen LogP contribution in [0.5, 0.6) is 0 Å². The number of piperidine rings is 1. The number of likely N-dealkylation sites (tertiary alicyclic amines) is 1. The first kappa shape index (κ1) is 30.1. The van der Waals surface area contributed by atoms with Crippen molar-refractivity contribution >= 4 is 17.8 Å². The Balaban J connectivity index is 1.45. The van der Waals surface area contributed by atoms with Gasteiger partial charge in [-0.15, -0.1) is 0 Å². The summed E-state index contributed by atoms with van der Waals surface area (Å²) in [7, 11) is 0. The first-order valence-corrected chi connectivity index (χ1v) is 14.9. The maximum absolute atomic E-state index is 13.6. The highest BCUT2D eigenvalue weighted by molar-refractivity contribution is 5.99. The Labute approximate surface area is 243 Å². The summed E-state index contributed by atoms with van der Waals surface area (Å²) in [5, 5.41) is 0. The molecule has 1 aliphatic rings. The van der Waals surface area contributed by atoms with Crippen molar-refractivity contribution in [1.82, 2.24) is 9.47 Å². The van der Waals surface area contributed by atoms with Crippen LogP contribution in [-0.4, -0.2) is 53.6 Å². The van der Waals surface area contributed by atoms with Crippen LogP contribution < -0.4 is 0 Å². The maximum atomic E-state index is 13.6. The van der Waals surface area contributed by atoms with Gasteiger partial charge in [0.25, 0.3) is 5.91 Å². The Morgan fingerprint density at radius 3 is 1.90 bits per heavy atom. The third kappa shape index (κ3) is 7.26. The van der Waals surface area contributed by atoms with E-state index in [0.717, 1.165) is 49.9 Å². The van der Waals surface area contributed by atoms with Gasteiger partial charge in [-0.05, 0) is 93.5 Å². The summed E-state index contributed by atoms with van der Waals surface area (Å²) in [6.07, 6.45) is 5.29. The maximum Gasteiger partial charge on any atom is 0.340 e. The van der Waals surface area contributed by atoms with E-state index < -0.39 is 0 Å². The van der Waals surface area contributed by atoms with Crippen LogP contribution in [0, 0.1) is 13.8 Å². The van der Waals surface area contributed by atoms with Gasteiger partial charge in [0, 0.05) is 30.0 Å². The average molecular weight is 559 g/mol. The van der Waals surface area contributed by atoms with Gasteiger partial charge in [-0.3, -0.25) is 4.79 Å². The molecule has 3 aromatic rings. The van der Waals surface area contributed by atoms with Crippen molar-refractivity contribution in [2.24, 2.45) is 0 Å². The summed E-state index contributed by atoms with van der Waals surface area (Å²) >= 11 is 0. The number of esters is 2. The van der Waals surface area contributed by atoms with E-state index in [1.807, 2.05) is 65.8 Å². The van der Waals surface area contributed by atoms with Gasteiger partial charge >= 0.3 is 11.9 Å². The molecular weight excluding hydrogens is 516 g/mol. The van der Waals surface area contributed by atoms with Crippen LogP contribution in [0.1, 0.15) is 106 Å². The molecule has 1 aromatic heterocycles. The molecule has 0 bridgehead atoms. The van der Waals surface area contributed by atoms with Gasteiger partial charge in [-0.2, -0.15) is 0 Å². The Kier molecular flexibility index (Phi) is 10.4. The number of ether oxygens (including phenoxy) is 2. The van der Waals surface area contributed by atoms with Gasteiger partial charge in [0.05, 0.1) is 30.0 Å². The Bertz CT molecular complexity index is 1330. The normalized spacial score (nSPS) is 13.7. The molecule has 218 valence electrons. The third-order valence-electron chi connectivity index (χ3n) is 7.84. The van der Waals surface area contributed by atoms with E-state index in [9.17, 15) is 14.4 Å². The minimum atomic E-state index is -0.374. The number of nitrogens with zero attached hydrogens (tertiary/aromatic N) is 2. The second-order valence-corrected chi connectivity index (χ2v) is 10.9. The Morgan fingerprint density at radius 2 is 1.32 bits per heavy atom. The monoisotopic (exact) mass is 558 g/mol.